The molecule has 6 heteroatoms. The van der Waals surface area contributed by atoms with E-state index in [9.17, 15) is 4.79 Å². The Labute approximate surface area is 111 Å². The molecule has 2 heterocycles. The molecule has 6 nitrogen and oxygen atoms in total. The lowest BCUT2D eigenvalue weighted by Gasteiger charge is -2.40. The molecule has 0 aromatic rings. The van der Waals surface area contributed by atoms with E-state index < -0.39 is 23.6 Å². The first-order valence-corrected chi connectivity index (χ1v) is 6.29. The second kappa shape index (κ2) is 4.02. The maximum Gasteiger partial charge on any atom is 0.336 e. The van der Waals surface area contributed by atoms with Crippen molar-refractivity contribution in [3.05, 3.63) is 11.6 Å². The minimum absolute atomic E-state index is 0.339. The van der Waals surface area contributed by atoms with Gasteiger partial charge in [-0.1, -0.05) is 6.08 Å². The summed E-state index contributed by atoms with van der Waals surface area (Å²) in [6, 6.07) is 0. The van der Waals surface area contributed by atoms with Crippen molar-refractivity contribution < 1.29 is 28.5 Å². The van der Waals surface area contributed by atoms with Gasteiger partial charge in [-0.3, -0.25) is 0 Å². The quantitative estimate of drug-likeness (QED) is 0.690. The van der Waals surface area contributed by atoms with Crippen LogP contribution in [0.5, 0.6) is 0 Å². The first-order chi connectivity index (χ1) is 8.93. The minimum atomic E-state index is -0.799. The van der Waals surface area contributed by atoms with E-state index in [1.54, 1.807) is 13.2 Å². The third-order valence-corrected chi connectivity index (χ3v) is 3.89. The molecule has 19 heavy (non-hydrogen) atoms. The number of methoxy groups -OCH3 is 2. The molecule has 0 aromatic carbocycles. The van der Waals surface area contributed by atoms with Crippen LogP contribution in [0.4, 0.5) is 0 Å². The molecule has 0 saturated carbocycles. The van der Waals surface area contributed by atoms with Gasteiger partial charge < -0.3 is 23.7 Å². The Kier molecular flexibility index (Phi) is 2.76. The number of esters is 1. The van der Waals surface area contributed by atoms with Crippen LogP contribution in [0.1, 0.15) is 20.3 Å². The van der Waals surface area contributed by atoms with Crippen LogP contribution in [0.3, 0.4) is 0 Å². The van der Waals surface area contributed by atoms with Crippen molar-refractivity contribution in [1.29, 1.82) is 0 Å². The Bertz CT molecular complexity index is 442. The van der Waals surface area contributed by atoms with Gasteiger partial charge in [0.15, 0.2) is 12.1 Å². The molecule has 1 spiro atoms. The van der Waals surface area contributed by atoms with Gasteiger partial charge in [0.1, 0.15) is 17.8 Å². The number of hydrogen-bond acceptors (Lipinski definition) is 6. The number of carbonyl (C=O) groups is 1. The Hall–Kier alpha value is -0.950. The molecular formula is C13H18O6. The van der Waals surface area contributed by atoms with Crippen molar-refractivity contribution in [2.45, 2.75) is 50.2 Å². The van der Waals surface area contributed by atoms with E-state index >= 15 is 0 Å². The van der Waals surface area contributed by atoms with Gasteiger partial charge in [-0.2, -0.15) is 0 Å². The van der Waals surface area contributed by atoms with Gasteiger partial charge in [-0.15, -0.1) is 0 Å². The fourth-order valence-electron chi connectivity index (χ4n) is 3.02. The van der Waals surface area contributed by atoms with Crippen LogP contribution in [0, 0.1) is 0 Å². The predicted octanol–water partition coefficient (Wildman–Crippen LogP) is 0.751. The zero-order chi connectivity index (χ0) is 13.8. The van der Waals surface area contributed by atoms with E-state index in [1.807, 2.05) is 13.8 Å². The zero-order valence-corrected chi connectivity index (χ0v) is 11.5. The first kappa shape index (κ1) is 13.1. The average molecular weight is 270 g/mol. The summed E-state index contributed by atoms with van der Waals surface area (Å²) in [7, 11) is 2.90. The van der Waals surface area contributed by atoms with Crippen LogP contribution in [0.15, 0.2) is 11.6 Å². The molecule has 0 aromatic heterocycles. The van der Waals surface area contributed by atoms with Crippen molar-refractivity contribution in [2.24, 2.45) is 0 Å². The molecule has 4 atom stereocenters. The van der Waals surface area contributed by atoms with Crippen molar-refractivity contribution in [2.75, 3.05) is 14.2 Å². The summed E-state index contributed by atoms with van der Waals surface area (Å²) >= 11 is 0. The molecule has 3 rings (SSSR count). The van der Waals surface area contributed by atoms with E-state index in [0.717, 1.165) is 0 Å². The highest BCUT2D eigenvalue weighted by molar-refractivity contribution is 5.93. The van der Waals surface area contributed by atoms with E-state index in [0.29, 0.717) is 12.0 Å². The van der Waals surface area contributed by atoms with Crippen LogP contribution in [0.25, 0.3) is 0 Å². The van der Waals surface area contributed by atoms with Crippen molar-refractivity contribution in [1.82, 2.24) is 0 Å². The molecule has 0 radical (unpaired) electrons. The Morgan fingerprint density at radius 1 is 1.32 bits per heavy atom. The maximum atomic E-state index is 11.8. The molecule has 0 amide bonds. The van der Waals surface area contributed by atoms with Gasteiger partial charge in [-0.25, -0.2) is 4.79 Å². The summed E-state index contributed by atoms with van der Waals surface area (Å²) in [5.74, 6) is -1.10. The summed E-state index contributed by atoms with van der Waals surface area (Å²) in [6.07, 6.45) is 1.16. The topological polar surface area (TPSA) is 63.2 Å². The second-order valence-corrected chi connectivity index (χ2v) is 5.45. The molecule has 106 valence electrons. The lowest BCUT2D eigenvalue weighted by atomic mass is 9.75. The Morgan fingerprint density at radius 3 is 2.58 bits per heavy atom. The van der Waals surface area contributed by atoms with Gasteiger partial charge in [0.05, 0.1) is 12.7 Å². The summed E-state index contributed by atoms with van der Waals surface area (Å²) in [4.78, 5) is 11.8. The first-order valence-electron chi connectivity index (χ1n) is 6.29. The van der Waals surface area contributed by atoms with Crippen LogP contribution in [-0.4, -0.2) is 50.1 Å². The largest absolute Gasteiger partial charge is 0.466 e. The smallest absolute Gasteiger partial charge is 0.336 e. The van der Waals surface area contributed by atoms with Crippen LogP contribution < -0.4 is 0 Å². The van der Waals surface area contributed by atoms with E-state index in [-0.39, 0.29) is 12.2 Å². The SMILES string of the molecule is COC(=O)C1=CC[C@@]12OC(OC)C1OC(C)(C)O[C@H]12. The van der Waals surface area contributed by atoms with Gasteiger partial charge in [0, 0.05) is 13.5 Å². The highest BCUT2D eigenvalue weighted by atomic mass is 16.8. The molecule has 2 saturated heterocycles. The van der Waals surface area contributed by atoms with Crippen LogP contribution >= 0.6 is 0 Å². The van der Waals surface area contributed by atoms with E-state index in [4.69, 9.17) is 23.7 Å². The molecule has 2 aliphatic heterocycles. The molecule has 2 unspecified atom stereocenters. The second-order valence-electron chi connectivity index (χ2n) is 5.45. The number of carbonyl (C=O) groups excluding carboxylic acids is 1. The third kappa shape index (κ3) is 1.67. The van der Waals surface area contributed by atoms with Gasteiger partial charge in [-0.05, 0) is 13.8 Å². The van der Waals surface area contributed by atoms with Gasteiger partial charge in [0.25, 0.3) is 0 Å². The van der Waals surface area contributed by atoms with Gasteiger partial charge >= 0.3 is 5.97 Å². The van der Waals surface area contributed by atoms with Crippen molar-refractivity contribution in [3.8, 4) is 0 Å². The monoisotopic (exact) mass is 270 g/mol. The number of ether oxygens (including phenoxy) is 5. The molecule has 2 fully saturated rings. The molecule has 3 aliphatic rings. The van der Waals surface area contributed by atoms with E-state index in [2.05, 4.69) is 0 Å². The Morgan fingerprint density at radius 2 is 2.05 bits per heavy atom. The fourth-order valence-corrected chi connectivity index (χ4v) is 3.02. The van der Waals surface area contributed by atoms with Crippen LogP contribution in [-0.2, 0) is 28.5 Å². The summed E-state index contributed by atoms with van der Waals surface area (Å²) < 4.78 is 27.7. The molecule has 0 bridgehead atoms. The number of fused-ring (bicyclic) bond motifs is 2. The van der Waals surface area contributed by atoms with Crippen molar-refractivity contribution >= 4 is 5.97 Å². The summed E-state index contributed by atoms with van der Waals surface area (Å²) in [6.45, 7) is 3.68. The van der Waals surface area contributed by atoms with Gasteiger partial charge in [0.2, 0.25) is 0 Å². The lowest BCUT2D eigenvalue weighted by molar-refractivity contribution is -0.246. The predicted molar refractivity (Wildman–Crippen MR) is 63.2 cm³/mol. The van der Waals surface area contributed by atoms with E-state index in [1.165, 1.54) is 7.11 Å². The number of hydrogen-bond donors (Lipinski definition) is 0. The average Bonchev–Trinajstić information content (AvgIpc) is 2.79. The summed E-state index contributed by atoms with van der Waals surface area (Å²) in [5, 5.41) is 0. The minimum Gasteiger partial charge on any atom is -0.466 e. The third-order valence-electron chi connectivity index (χ3n) is 3.89. The number of rotatable bonds is 2. The van der Waals surface area contributed by atoms with Crippen molar-refractivity contribution in [3.63, 3.8) is 0 Å². The van der Waals surface area contributed by atoms with Crippen LogP contribution in [0.2, 0.25) is 0 Å². The normalized spacial score (nSPS) is 42.7. The highest BCUT2D eigenvalue weighted by Crippen LogP contribution is 2.53. The molecular weight excluding hydrogens is 252 g/mol. The summed E-state index contributed by atoms with van der Waals surface area (Å²) in [5.41, 5.74) is -0.308. The standard InChI is InChI=1S/C13H18O6/c1-12(2)17-8-9(18-12)13(19-11(8)16-4)6-5-7(13)10(14)15-3/h5,8-9,11H,6H2,1-4H3/t8?,9-,11?,13-/m1/s1. The Balaban J connectivity index is 1.92. The lowest BCUT2D eigenvalue weighted by Crippen LogP contribution is -2.51. The maximum absolute atomic E-state index is 11.8. The molecule has 1 aliphatic carbocycles. The fraction of sp³-hybridized carbons (Fsp3) is 0.769. The molecule has 0 N–H and O–H groups in total. The highest BCUT2D eigenvalue weighted by Gasteiger charge is 2.67. The zero-order valence-electron chi connectivity index (χ0n) is 11.5.